The van der Waals surface area contributed by atoms with Crippen LogP contribution in [0.1, 0.15) is 37.5 Å². The minimum absolute atomic E-state index is 0.0297. The fourth-order valence-electron chi connectivity index (χ4n) is 1.83. The second-order valence-corrected chi connectivity index (χ2v) is 5.89. The van der Waals surface area contributed by atoms with Gasteiger partial charge in [-0.3, -0.25) is 4.79 Å². The van der Waals surface area contributed by atoms with Crippen molar-refractivity contribution in [2.75, 3.05) is 12.4 Å². The Morgan fingerprint density at radius 3 is 2.50 bits per heavy atom. The van der Waals surface area contributed by atoms with Gasteiger partial charge in [0.1, 0.15) is 5.88 Å². The lowest BCUT2D eigenvalue weighted by Gasteiger charge is -2.20. The first kappa shape index (κ1) is 15.0. The number of halogens is 1. The molecule has 3 heteroatoms. The summed E-state index contributed by atoms with van der Waals surface area (Å²) in [6.07, 6.45) is 0.846. The van der Waals surface area contributed by atoms with Crippen LogP contribution in [-0.4, -0.2) is 18.3 Å². The van der Waals surface area contributed by atoms with E-state index in [9.17, 15) is 4.79 Å². The average Bonchev–Trinajstić information content (AvgIpc) is 2.29. The molecule has 0 aliphatic rings. The van der Waals surface area contributed by atoms with Crippen LogP contribution in [0.25, 0.3) is 0 Å². The second-order valence-electron chi connectivity index (χ2n) is 5.62. The van der Waals surface area contributed by atoms with E-state index >= 15 is 0 Å². The maximum atomic E-state index is 11.0. The zero-order valence-corrected chi connectivity index (χ0v) is 12.4. The molecule has 0 aromatic heterocycles. The van der Waals surface area contributed by atoms with E-state index in [-0.39, 0.29) is 17.2 Å². The predicted molar refractivity (Wildman–Crippen MR) is 77.3 cm³/mol. The first-order valence-electron chi connectivity index (χ1n) is 6.27. The van der Waals surface area contributed by atoms with Gasteiger partial charge in [0.2, 0.25) is 5.91 Å². The van der Waals surface area contributed by atoms with Gasteiger partial charge in [-0.15, -0.1) is 11.6 Å². The molecule has 0 bridgehead atoms. The first-order chi connectivity index (χ1) is 8.34. The van der Waals surface area contributed by atoms with E-state index in [1.54, 1.807) is 0 Å². The van der Waals surface area contributed by atoms with E-state index in [4.69, 9.17) is 11.6 Å². The van der Waals surface area contributed by atoms with Crippen LogP contribution in [0.15, 0.2) is 18.2 Å². The molecule has 1 rings (SSSR count). The van der Waals surface area contributed by atoms with Crippen LogP contribution in [-0.2, 0) is 16.6 Å². The molecule has 0 radical (unpaired) electrons. The highest BCUT2D eigenvalue weighted by Crippen LogP contribution is 2.24. The molecular weight excluding hydrogens is 246 g/mol. The minimum Gasteiger partial charge on any atom is -0.355 e. The minimum atomic E-state index is -0.111. The Labute approximate surface area is 115 Å². The van der Waals surface area contributed by atoms with E-state index < -0.39 is 0 Å². The number of carbonyl (C=O) groups is 1. The van der Waals surface area contributed by atoms with Crippen LogP contribution in [0.2, 0.25) is 0 Å². The average molecular weight is 268 g/mol. The smallest absolute Gasteiger partial charge is 0.234 e. The Morgan fingerprint density at radius 2 is 2.00 bits per heavy atom. The van der Waals surface area contributed by atoms with Crippen LogP contribution >= 0.6 is 11.6 Å². The quantitative estimate of drug-likeness (QED) is 0.834. The Hall–Kier alpha value is -1.02. The van der Waals surface area contributed by atoms with Crippen molar-refractivity contribution in [3.63, 3.8) is 0 Å². The molecule has 2 nitrogen and oxygen atoms in total. The van der Waals surface area contributed by atoms with Crippen LogP contribution in [0, 0.1) is 6.92 Å². The fraction of sp³-hybridized carbons (Fsp3) is 0.533. The summed E-state index contributed by atoms with van der Waals surface area (Å²) in [5.74, 6) is -0.0808. The molecule has 1 aromatic rings. The number of alkyl halides is 1. The summed E-state index contributed by atoms with van der Waals surface area (Å²) in [6.45, 7) is 9.39. The highest BCUT2D eigenvalue weighted by Gasteiger charge is 2.14. The summed E-state index contributed by atoms with van der Waals surface area (Å²) in [7, 11) is 0. The van der Waals surface area contributed by atoms with Crippen molar-refractivity contribution in [3.8, 4) is 0 Å². The molecule has 0 aliphatic carbocycles. The van der Waals surface area contributed by atoms with Crippen molar-refractivity contribution in [2.24, 2.45) is 0 Å². The maximum Gasteiger partial charge on any atom is 0.234 e. The highest BCUT2D eigenvalue weighted by atomic mass is 35.5. The Balaban J connectivity index is 2.66. The van der Waals surface area contributed by atoms with Gasteiger partial charge in [-0.1, -0.05) is 39.0 Å². The maximum absolute atomic E-state index is 11.0. The summed E-state index contributed by atoms with van der Waals surface area (Å²) >= 11 is 5.42. The number of benzene rings is 1. The van der Waals surface area contributed by atoms with Gasteiger partial charge < -0.3 is 5.32 Å². The van der Waals surface area contributed by atoms with E-state index in [1.807, 2.05) is 0 Å². The monoisotopic (exact) mass is 267 g/mol. The van der Waals surface area contributed by atoms with Crippen LogP contribution in [0.3, 0.4) is 0 Å². The first-order valence-corrected chi connectivity index (χ1v) is 6.80. The predicted octanol–water partition coefficient (Wildman–Crippen LogP) is 3.19. The molecule has 0 heterocycles. The van der Waals surface area contributed by atoms with E-state index in [0.717, 1.165) is 6.42 Å². The topological polar surface area (TPSA) is 29.1 Å². The summed E-state index contributed by atoms with van der Waals surface area (Å²) in [5, 5.41) is 2.78. The lowest BCUT2D eigenvalue weighted by Crippen LogP contribution is -2.26. The zero-order chi connectivity index (χ0) is 13.8. The molecule has 0 spiro atoms. The Kier molecular flexibility index (Phi) is 5.21. The van der Waals surface area contributed by atoms with Crippen molar-refractivity contribution in [3.05, 3.63) is 34.9 Å². The van der Waals surface area contributed by atoms with E-state index in [2.05, 4.69) is 51.2 Å². The van der Waals surface area contributed by atoms with E-state index in [0.29, 0.717) is 6.54 Å². The number of nitrogens with one attached hydrogen (secondary N) is 1. The van der Waals surface area contributed by atoms with Gasteiger partial charge in [0, 0.05) is 6.54 Å². The molecule has 18 heavy (non-hydrogen) atoms. The zero-order valence-electron chi connectivity index (χ0n) is 11.6. The van der Waals surface area contributed by atoms with Gasteiger partial charge in [-0.25, -0.2) is 0 Å². The fourth-order valence-corrected chi connectivity index (χ4v) is 1.92. The summed E-state index contributed by atoms with van der Waals surface area (Å²) in [5.41, 5.74) is 4.07. The largest absolute Gasteiger partial charge is 0.355 e. The van der Waals surface area contributed by atoms with Crippen LogP contribution in [0.4, 0.5) is 0 Å². The lowest BCUT2D eigenvalue weighted by molar-refractivity contribution is -0.118. The van der Waals surface area contributed by atoms with Gasteiger partial charge in [0.15, 0.2) is 0 Å². The van der Waals surface area contributed by atoms with E-state index in [1.165, 1.54) is 16.7 Å². The molecule has 1 aromatic carbocycles. The summed E-state index contributed by atoms with van der Waals surface area (Å²) < 4.78 is 0. The molecule has 1 N–H and O–H groups in total. The highest BCUT2D eigenvalue weighted by molar-refractivity contribution is 6.27. The van der Waals surface area contributed by atoms with Crippen LogP contribution < -0.4 is 5.32 Å². The molecule has 100 valence electrons. The SMILES string of the molecule is Cc1cc(C(C)(C)C)ccc1CCNC(=O)CCl. The third-order valence-corrected chi connectivity index (χ3v) is 3.29. The molecular formula is C15H22ClNO. The van der Waals surface area contributed by atoms with Gasteiger partial charge in [0.05, 0.1) is 0 Å². The molecule has 0 aliphatic heterocycles. The molecule has 1 amide bonds. The van der Waals surface area contributed by atoms with Crippen molar-refractivity contribution in [2.45, 2.75) is 39.5 Å². The molecule has 0 saturated heterocycles. The van der Waals surface area contributed by atoms with Gasteiger partial charge in [-0.05, 0) is 35.4 Å². The Bertz CT molecular complexity index is 421. The van der Waals surface area contributed by atoms with Crippen molar-refractivity contribution < 1.29 is 4.79 Å². The molecule has 0 fully saturated rings. The third kappa shape index (κ3) is 4.34. The van der Waals surface area contributed by atoms with Crippen molar-refractivity contribution >= 4 is 17.5 Å². The number of hydrogen-bond acceptors (Lipinski definition) is 1. The molecule has 0 saturated carbocycles. The number of aryl methyl sites for hydroxylation is 1. The second kappa shape index (κ2) is 6.24. The number of rotatable bonds is 4. The standard InChI is InChI=1S/C15H22ClNO/c1-11-9-13(15(2,3)4)6-5-12(11)7-8-17-14(18)10-16/h5-6,9H,7-8,10H2,1-4H3,(H,17,18). The van der Waals surface area contributed by atoms with Crippen molar-refractivity contribution in [1.82, 2.24) is 5.32 Å². The number of hydrogen-bond donors (Lipinski definition) is 1. The Morgan fingerprint density at radius 1 is 1.33 bits per heavy atom. The number of amides is 1. The summed E-state index contributed by atoms with van der Waals surface area (Å²) in [6, 6.07) is 6.56. The van der Waals surface area contributed by atoms with Gasteiger partial charge >= 0.3 is 0 Å². The van der Waals surface area contributed by atoms with Gasteiger partial charge in [0.25, 0.3) is 0 Å². The normalized spacial score (nSPS) is 11.4. The molecule has 0 unspecified atom stereocenters. The van der Waals surface area contributed by atoms with Crippen molar-refractivity contribution in [1.29, 1.82) is 0 Å². The summed E-state index contributed by atoms with van der Waals surface area (Å²) in [4.78, 5) is 11.0. The lowest BCUT2D eigenvalue weighted by atomic mass is 9.85. The number of carbonyl (C=O) groups excluding carboxylic acids is 1. The third-order valence-electron chi connectivity index (χ3n) is 3.05. The molecule has 0 atom stereocenters. The van der Waals surface area contributed by atoms with Crippen LogP contribution in [0.5, 0.6) is 0 Å². The van der Waals surface area contributed by atoms with Gasteiger partial charge in [-0.2, -0.15) is 0 Å².